The minimum atomic E-state index is 0. The molecular formula is C13H28IN3O. The number of ether oxygens (including phenoxy) is 1. The Morgan fingerprint density at radius 3 is 2.89 bits per heavy atom. The second-order valence-corrected chi connectivity index (χ2v) is 4.90. The number of unbranched alkanes of at least 4 members (excludes halogenated alkanes) is 1. The van der Waals surface area contributed by atoms with Crippen LogP contribution in [-0.4, -0.2) is 43.7 Å². The summed E-state index contributed by atoms with van der Waals surface area (Å²) in [7, 11) is 0. The molecule has 0 radical (unpaired) electrons. The van der Waals surface area contributed by atoms with Crippen molar-refractivity contribution in [2.45, 2.75) is 39.5 Å². The highest BCUT2D eigenvalue weighted by atomic mass is 127. The second kappa shape index (κ2) is 10.8. The lowest BCUT2D eigenvalue weighted by Crippen LogP contribution is -2.43. The van der Waals surface area contributed by atoms with E-state index in [1.54, 1.807) is 0 Å². The molecule has 0 bridgehead atoms. The first-order valence-corrected chi connectivity index (χ1v) is 6.86. The van der Waals surface area contributed by atoms with Gasteiger partial charge in [-0.15, -0.1) is 24.0 Å². The van der Waals surface area contributed by atoms with Crippen molar-refractivity contribution in [3.8, 4) is 0 Å². The average Bonchev–Trinajstić information content (AvgIpc) is 2.33. The molecule has 0 aromatic rings. The fraction of sp³-hybridized carbons (Fsp3) is 0.923. The summed E-state index contributed by atoms with van der Waals surface area (Å²) in [4.78, 5) is 6.57. The van der Waals surface area contributed by atoms with Crippen molar-refractivity contribution < 1.29 is 4.74 Å². The highest BCUT2D eigenvalue weighted by molar-refractivity contribution is 14.0. The smallest absolute Gasteiger partial charge is 0.191 e. The number of hydrogen-bond acceptors (Lipinski definition) is 2. The molecule has 0 saturated carbocycles. The van der Waals surface area contributed by atoms with Gasteiger partial charge in [-0.1, -0.05) is 20.3 Å². The number of nitrogens with zero attached hydrogens (tertiary/aromatic N) is 2. The van der Waals surface area contributed by atoms with Crippen molar-refractivity contribution in [3.05, 3.63) is 0 Å². The summed E-state index contributed by atoms with van der Waals surface area (Å²) in [6.45, 7) is 8.74. The van der Waals surface area contributed by atoms with E-state index in [4.69, 9.17) is 10.5 Å². The van der Waals surface area contributed by atoms with Crippen LogP contribution in [0.15, 0.2) is 4.99 Å². The normalized spacial score (nSPS) is 20.7. The van der Waals surface area contributed by atoms with Crippen LogP contribution in [0.2, 0.25) is 0 Å². The van der Waals surface area contributed by atoms with Crippen LogP contribution in [0.4, 0.5) is 0 Å². The predicted molar refractivity (Wildman–Crippen MR) is 87.6 cm³/mol. The molecule has 1 fully saturated rings. The molecule has 1 unspecified atom stereocenters. The zero-order valence-electron chi connectivity index (χ0n) is 11.7. The number of rotatable bonds is 6. The molecule has 1 rings (SSSR count). The molecule has 0 aromatic carbocycles. The summed E-state index contributed by atoms with van der Waals surface area (Å²) in [6.07, 6.45) is 4.84. The molecule has 5 heteroatoms. The molecule has 1 aliphatic rings. The third-order valence-corrected chi connectivity index (χ3v) is 3.13. The van der Waals surface area contributed by atoms with E-state index < -0.39 is 0 Å². The van der Waals surface area contributed by atoms with Crippen LogP contribution in [0.1, 0.15) is 39.5 Å². The van der Waals surface area contributed by atoms with Crippen molar-refractivity contribution in [2.24, 2.45) is 16.6 Å². The molecule has 0 spiro atoms. The highest BCUT2D eigenvalue weighted by Gasteiger charge is 2.17. The summed E-state index contributed by atoms with van der Waals surface area (Å²) < 4.78 is 5.45. The van der Waals surface area contributed by atoms with Gasteiger partial charge in [0, 0.05) is 19.7 Å². The predicted octanol–water partition coefficient (Wildman–Crippen LogP) is 2.47. The van der Waals surface area contributed by atoms with Gasteiger partial charge < -0.3 is 15.4 Å². The molecule has 1 aliphatic heterocycles. The van der Waals surface area contributed by atoms with Gasteiger partial charge in [0.25, 0.3) is 0 Å². The first-order valence-electron chi connectivity index (χ1n) is 6.86. The Labute approximate surface area is 128 Å². The van der Waals surface area contributed by atoms with E-state index in [9.17, 15) is 0 Å². The molecular weight excluding hydrogens is 341 g/mol. The maximum absolute atomic E-state index is 5.97. The van der Waals surface area contributed by atoms with Gasteiger partial charge in [-0.3, -0.25) is 4.99 Å². The summed E-state index contributed by atoms with van der Waals surface area (Å²) in [5, 5.41) is 0. The molecule has 1 saturated heterocycles. The van der Waals surface area contributed by atoms with E-state index in [2.05, 4.69) is 23.7 Å². The standard InChI is InChI=1S/C13H27N3O.HI/c1-3-4-9-17-10-7-15-13(14)16-8-5-6-12(2)11-16;/h12H,3-11H2,1-2H3,(H2,14,15);1H. The number of hydrogen-bond donors (Lipinski definition) is 1. The Morgan fingerprint density at radius 2 is 2.22 bits per heavy atom. The van der Waals surface area contributed by atoms with Crippen LogP contribution in [0.3, 0.4) is 0 Å². The van der Waals surface area contributed by atoms with Gasteiger partial charge in [0.2, 0.25) is 0 Å². The molecule has 0 aliphatic carbocycles. The van der Waals surface area contributed by atoms with Crippen molar-refractivity contribution in [1.82, 2.24) is 4.90 Å². The lowest BCUT2D eigenvalue weighted by molar-refractivity contribution is 0.138. The van der Waals surface area contributed by atoms with Gasteiger partial charge >= 0.3 is 0 Å². The maximum atomic E-state index is 5.97. The number of halogens is 1. The van der Waals surface area contributed by atoms with Gasteiger partial charge in [0.1, 0.15) is 0 Å². The first-order chi connectivity index (χ1) is 8.24. The van der Waals surface area contributed by atoms with Gasteiger partial charge in [0.05, 0.1) is 13.2 Å². The van der Waals surface area contributed by atoms with Gasteiger partial charge in [-0.05, 0) is 25.2 Å². The Morgan fingerprint density at radius 1 is 1.44 bits per heavy atom. The van der Waals surface area contributed by atoms with E-state index in [1.165, 1.54) is 19.3 Å². The van der Waals surface area contributed by atoms with Crippen LogP contribution in [0.5, 0.6) is 0 Å². The van der Waals surface area contributed by atoms with E-state index in [1.807, 2.05) is 0 Å². The van der Waals surface area contributed by atoms with E-state index >= 15 is 0 Å². The Bertz CT molecular complexity index is 236. The summed E-state index contributed by atoms with van der Waals surface area (Å²) in [5.74, 6) is 1.42. The molecule has 0 amide bonds. The van der Waals surface area contributed by atoms with E-state index in [0.717, 1.165) is 32.0 Å². The number of nitrogens with two attached hydrogens (primary N) is 1. The van der Waals surface area contributed by atoms with Crippen LogP contribution < -0.4 is 5.73 Å². The molecule has 1 heterocycles. The van der Waals surface area contributed by atoms with Crippen molar-refractivity contribution >= 4 is 29.9 Å². The third-order valence-electron chi connectivity index (χ3n) is 3.13. The van der Waals surface area contributed by atoms with Crippen LogP contribution in [0, 0.1) is 5.92 Å². The molecule has 18 heavy (non-hydrogen) atoms. The summed E-state index contributed by atoms with van der Waals surface area (Å²) in [6, 6.07) is 0. The maximum Gasteiger partial charge on any atom is 0.191 e. The molecule has 1 atom stereocenters. The molecule has 2 N–H and O–H groups in total. The van der Waals surface area contributed by atoms with Crippen molar-refractivity contribution in [1.29, 1.82) is 0 Å². The van der Waals surface area contributed by atoms with Gasteiger partial charge in [0.15, 0.2) is 5.96 Å². The number of likely N-dealkylation sites (tertiary alicyclic amines) is 1. The van der Waals surface area contributed by atoms with Crippen LogP contribution in [-0.2, 0) is 4.74 Å². The first kappa shape index (κ1) is 18.0. The SMILES string of the molecule is CCCCOCCN=C(N)N1CCCC(C)C1.I. The average molecular weight is 369 g/mol. The van der Waals surface area contributed by atoms with Crippen molar-refractivity contribution in [2.75, 3.05) is 32.8 Å². The lowest BCUT2D eigenvalue weighted by Gasteiger charge is -2.31. The monoisotopic (exact) mass is 369 g/mol. The topological polar surface area (TPSA) is 50.9 Å². The number of aliphatic imine (C=N–C) groups is 1. The largest absolute Gasteiger partial charge is 0.380 e. The minimum absolute atomic E-state index is 0. The quantitative estimate of drug-likeness (QED) is 0.339. The number of piperidine rings is 1. The van der Waals surface area contributed by atoms with Crippen LogP contribution in [0.25, 0.3) is 0 Å². The summed E-state index contributed by atoms with van der Waals surface area (Å²) >= 11 is 0. The summed E-state index contributed by atoms with van der Waals surface area (Å²) in [5.41, 5.74) is 5.97. The molecule has 4 nitrogen and oxygen atoms in total. The number of guanidine groups is 1. The third kappa shape index (κ3) is 7.41. The lowest BCUT2D eigenvalue weighted by atomic mass is 10.0. The van der Waals surface area contributed by atoms with Gasteiger partial charge in [-0.2, -0.15) is 0 Å². The van der Waals surface area contributed by atoms with E-state index in [0.29, 0.717) is 19.1 Å². The van der Waals surface area contributed by atoms with Crippen LogP contribution >= 0.6 is 24.0 Å². The Balaban J connectivity index is 0.00000289. The van der Waals surface area contributed by atoms with Crippen molar-refractivity contribution in [3.63, 3.8) is 0 Å². The highest BCUT2D eigenvalue weighted by Crippen LogP contribution is 2.14. The zero-order valence-corrected chi connectivity index (χ0v) is 14.1. The minimum Gasteiger partial charge on any atom is -0.380 e. The Hall–Kier alpha value is -0.0400. The fourth-order valence-corrected chi connectivity index (χ4v) is 2.07. The van der Waals surface area contributed by atoms with E-state index in [-0.39, 0.29) is 24.0 Å². The van der Waals surface area contributed by atoms with Gasteiger partial charge in [-0.25, -0.2) is 0 Å². The Kier molecular flexibility index (Phi) is 10.8. The zero-order chi connectivity index (χ0) is 12.5. The molecule has 108 valence electrons. The second-order valence-electron chi connectivity index (χ2n) is 4.90. The molecule has 0 aromatic heterocycles. The fourth-order valence-electron chi connectivity index (χ4n) is 2.07.